The minimum atomic E-state index is -4.63. The maximum Gasteiger partial charge on any atom is 0.431 e. The molecule has 3 nitrogen and oxygen atoms in total. The van der Waals surface area contributed by atoms with Crippen molar-refractivity contribution in [3.63, 3.8) is 0 Å². The van der Waals surface area contributed by atoms with Crippen LogP contribution in [-0.2, 0) is 6.18 Å². The molecule has 19 heavy (non-hydrogen) atoms. The Hall–Kier alpha value is -2.24. The van der Waals surface area contributed by atoms with Crippen LogP contribution in [0.4, 0.5) is 18.9 Å². The molecule has 0 aliphatic carbocycles. The molecule has 0 radical (unpaired) electrons. The highest BCUT2D eigenvalue weighted by Gasteiger charge is 2.35. The van der Waals surface area contributed by atoms with Crippen molar-refractivity contribution < 1.29 is 13.2 Å². The standard InChI is InChI=1S/C13H11F3N2O/c1-8-3-2-4-9(7-8)18-11(13(14,15)16)6-5-10(17)12(18)19/h2-7H,17H2,1H3. The normalized spacial score (nSPS) is 11.6. The largest absolute Gasteiger partial charge is 0.431 e. The van der Waals surface area contributed by atoms with Gasteiger partial charge in [-0.1, -0.05) is 12.1 Å². The van der Waals surface area contributed by atoms with E-state index in [1.54, 1.807) is 19.1 Å². The van der Waals surface area contributed by atoms with Crippen LogP contribution in [0.2, 0.25) is 0 Å². The Labute approximate surface area is 107 Å². The topological polar surface area (TPSA) is 48.0 Å². The molecule has 0 aliphatic rings. The van der Waals surface area contributed by atoms with Crippen LogP contribution in [0.25, 0.3) is 5.69 Å². The third-order valence-electron chi connectivity index (χ3n) is 2.66. The Morgan fingerprint density at radius 3 is 2.42 bits per heavy atom. The smallest absolute Gasteiger partial charge is 0.394 e. The van der Waals surface area contributed by atoms with Gasteiger partial charge in [0.15, 0.2) is 0 Å². The summed E-state index contributed by atoms with van der Waals surface area (Å²) in [5.74, 6) is 0. The average molecular weight is 268 g/mol. The molecule has 0 fully saturated rings. The second-order valence-electron chi connectivity index (χ2n) is 4.15. The summed E-state index contributed by atoms with van der Waals surface area (Å²) in [6.07, 6.45) is -4.63. The minimum Gasteiger partial charge on any atom is -0.394 e. The number of nitrogen functional groups attached to an aromatic ring is 1. The van der Waals surface area contributed by atoms with E-state index in [-0.39, 0.29) is 11.4 Å². The van der Waals surface area contributed by atoms with E-state index in [4.69, 9.17) is 5.73 Å². The number of pyridine rings is 1. The first kappa shape index (κ1) is 13.2. The van der Waals surface area contributed by atoms with Crippen LogP contribution in [0.5, 0.6) is 0 Å². The van der Waals surface area contributed by atoms with E-state index < -0.39 is 17.4 Å². The SMILES string of the molecule is Cc1cccc(-n2c(C(F)(F)F)ccc(N)c2=O)c1. The van der Waals surface area contributed by atoms with E-state index in [1.165, 1.54) is 12.1 Å². The maximum absolute atomic E-state index is 12.9. The third kappa shape index (κ3) is 2.47. The Kier molecular flexibility index (Phi) is 3.09. The molecule has 2 aromatic rings. The number of nitrogens with two attached hydrogens (primary N) is 1. The average Bonchev–Trinajstić information content (AvgIpc) is 2.31. The zero-order chi connectivity index (χ0) is 14.2. The Morgan fingerprint density at radius 2 is 1.84 bits per heavy atom. The number of hydrogen-bond acceptors (Lipinski definition) is 2. The summed E-state index contributed by atoms with van der Waals surface area (Å²) >= 11 is 0. The first-order chi connectivity index (χ1) is 8.80. The minimum absolute atomic E-state index is 0.143. The molecule has 1 aromatic carbocycles. The molecule has 0 bridgehead atoms. The molecule has 0 unspecified atom stereocenters. The van der Waals surface area contributed by atoms with E-state index in [9.17, 15) is 18.0 Å². The molecule has 0 saturated heterocycles. The van der Waals surface area contributed by atoms with Gasteiger partial charge in [-0.3, -0.25) is 9.36 Å². The first-order valence-electron chi connectivity index (χ1n) is 5.46. The lowest BCUT2D eigenvalue weighted by molar-refractivity contribution is -0.142. The molecule has 0 spiro atoms. The van der Waals surface area contributed by atoms with Gasteiger partial charge >= 0.3 is 6.18 Å². The van der Waals surface area contributed by atoms with E-state index in [0.29, 0.717) is 4.57 Å². The fourth-order valence-corrected chi connectivity index (χ4v) is 1.80. The van der Waals surface area contributed by atoms with Gasteiger partial charge in [0.2, 0.25) is 0 Å². The Morgan fingerprint density at radius 1 is 1.16 bits per heavy atom. The highest BCUT2D eigenvalue weighted by atomic mass is 19.4. The molecule has 0 aliphatic heterocycles. The predicted molar refractivity (Wildman–Crippen MR) is 66.2 cm³/mol. The van der Waals surface area contributed by atoms with Crippen LogP contribution < -0.4 is 11.3 Å². The van der Waals surface area contributed by atoms with Crippen LogP contribution >= 0.6 is 0 Å². The third-order valence-corrected chi connectivity index (χ3v) is 2.66. The van der Waals surface area contributed by atoms with Crippen LogP contribution in [-0.4, -0.2) is 4.57 Å². The summed E-state index contributed by atoms with van der Waals surface area (Å²) in [6.45, 7) is 1.73. The van der Waals surface area contributed by atoms with Gasteiger partial charge < -0.3 is 5.73 Å². The van der Waals surface area contributed by atoms with E-state index >= 15 is 0 Å². The zero-order valence-electron chi connectivity index (χ0n) is 10.0. The molecule has 1 aromatic heterocycles. The fraction of sp³-hybridized carbons (Fsp3) is 0.154. The molecule has 2 rings (SSSR count). The van der Waals surface area contributed by atoms with E-state index in [2.05, 4.69) is 0 Å². The molecule has 100 valence electrons. The van der Waals surface area contributed by atoms with Gasteiger partial charge in [-0.05, 0) is 36.8 Å². The van der Waals surface area contributed by atoms with Crippen molar-refractivity contribution in [2.75, 3.05) is 5.73 Å². The summed E-state index contributed by atoms with van der Waals surface area (Å²) in [6, 6.07) is 8.02. The molecular weight excluding hydrogens is 257 g/mol. The zero-order valence-corrected chi connectivity index (χ0v) is 10.0. The highest BCUT2D eigenvalue weighted by molar-refractivity contribution is 5.44. The fourth-order valence-electron chi connectivity index (χ4n) is 1.80. The number of aryl methyl sites for hydroxylation is 1. The van der Waals surface area contributed by atoms with E-state index in [1.807, 2.05) is 0 Å². The molecule has 0 atom stereocenters. The Balaban J connectivity index is 2.81. The molecule has 6 heteroatoms. The first-order valence-corrected chi connectivity index (χ1v) is 5.46. The number of benzene rings is 1. The van der Waals surface area contributed by atoms with Crippen LogP contribution in [0, 0.1) is 6.92 Å². The van der Waals surface area contributed by atoms with Crippen LogP contribution in [0.3, 0.4) is 0 Å². The molecule has 2 N–H and O–H groups in total. The lowest BCUT2D eigenvalue weighted by Crippen LogP contribution is -2.28. The number of hydrogen-bond donors (Lipinski definition) is 1. The summed E-state index contributed by atoms with van der Waals surface area (Å²) in [4.78, 5) is 11.9. The lowest BCUT2D eigenvalue weighted by Gasteiger charge is -2.16. The van der Waals surface area contributed by atoms with Crippen molar-refractivity contribution in [3.8, 4) is 5.69 Å². The molecule has 0 saturated carbocycles. The van der Waals surface area contributed by atoms with E-state index in [0.717, 1.165) is 17.7 Å². The van der Waals surface area contributed by atoms with Crippen molar-refractivity contribution in [2.24, 2.45) is 0 Å². The lowest BCUT2D eigenvalue weighted by atomic mass is 10.2. The summed E-state index contributed by atoms with van der Waals surface area (Å²) in [7, 11) is 0. The van der Waals surface area contributed by atoms with Crippen LogP contribution in [0.15, 0.2) is 41.2 Å². The monoisotopic (exact) mass is 268 g/mol. The second kappa shape index (κ2) is 4.46. The number of anilines is 1. The van der Waals surface area contributed by atoms with Gasteiger partial charge in [0.25, 0.3) is 5.56 Å². The summed E-state index contributed by atoms with van der Waals surface area (Å²) in [5.41, 5.74) is 4.15. The number of halogens is 3. The van der Waals surface area contributed by atoms with Crippen molar-refractivity contribution in [3.05, 3.63) is 58.0 Å². The van der Waals surface area contributed by atoms with Crippen molar-refractivity contribution in [1.29, 1.82) is 0 Å². The molecular formula is C13H11F3N2O. The van der Waals surface area contributed by atoms with Gasteiger partial charge in [0.1, 0.15) is 5.69 Å². The quantitative estimate of drug-likeness (QED) is 0.864. The number of aromatic nitrogens is 1. The number of alkyl halides is 3. The van der Waals surface area contributed by atoms with Gasteiger partial charge in [0.05, 0.1) is 5.69 Å². The van der Waals surface area contributed by atoms with Gasteiger partial charge in [0, 0.05) is 5.69 Å². The maximum atomic E-state index is 12.9. The van der Waals surface area contributed by atoms with Crippen molar-refractivity contribution in [1.82, 2.24) is 4.57 Å². The second-order valence-corrected chi connectivity index (χ2v) is 4.15. The molecule has 0 amide bonds. The van der Waals surface area contributed by atoms with Crippen LogP contribution in [0.1, 0.15) is 11.3 Å². The van der Waals surface area contributed by atoms with Gasteiger partial charge in [-0.15, -0.1) is 0 Å². The highest BCUT2D eigenvalue weighted by Crippen LogP contribution is 2.30. The number of nitrogens with zero attached hydrogens (tertiary/aromatic N) is 1. The van der Waals surface area contributed by atoms with Crippen molar-refractivity contribution in [2.45, 2.75) is 13.1 Å². The number of rotatable bonds is 1. The van der Waals surface area contributed by atoms with Gasteiger partial charge in [-0.2, -0.15) is 13.2 Å². The molecule has 1 heterocycles. The van der Waals surface area contributed by atoms with Gasteiger partial charge in [-0.25, -0.2) is 0 Å². The predicted octanol–water partition coefficient (Wildman–Crippen LogP) is 2.75. The summed E-state index contributed by atoms with van der Waals surface area (Å²) < 4.78 is 39.4. The van der Waals surface area contributed by atoms with Crippen molar-refractivity contribution >= 4 is 5.69 Å². The summed E-state index contributed by atoms with van der Waals surface area (Å²) in [5, 5.41) is 0. The Bertz CT molecular complexity index is 674.